The molecule has 0 aromatic heterocycles. The van der Waals surface area contributed by atoms with E-state index in [-0.39, 0.29) is 29.9 Å². The Labute approximate surface area is 73.4 Å². The minimum Gasteiger partial charge on any atom is -0.553 e. The van der Waals surface area contributed by atoms with E-state index in [4.69, 9.17) is 21.3 Å². The summed E-state index contributed by atoms with van der Waals surface area (Å²) in [4.78, 5) is 19.3. The van der Waals surface area contributed by atoms with Crippen molar-refractivity contribution in [2.75, 3.05) is 0 Å². The maximum absolute atomic E-state index is 9.64. The zero-order valence-electron chi connectivity index (χ0n) is 5.37. The predicted octanol–water partition coefficient (Wildman–Crippen LogP) is 0.361. The van der Waals surface area contributed by atoms with Gasteiger partial charge < -0.3 is 21.3 Å². The molecular weight excluding hydrogens is 206 g/mol. The van der Waals surface area contributed by atoms with Crippen LogP contribution >= 0.6 is 0 Å². The van der Waals surface area contributed by atoms with Crippen LogP contribution in [0.1, 0.15) is 12.8 Å². The van der Waals surface area contributed by atoms with Crippen molar-refractivity contribution in [1.82, 2.24) is 0 Å². The Balaban J connectivity index is -0.000000196. The average Bonchev–Trinajstić information content (AvgIpc) is 1.89. The van der Waals surface area contributed by atoms with Crippen molar-refractivity contribution in [3.63, 3.8) is 0 Å². The van der Waals surface area contributed by atoms with E-state index in [0.29, 0.717) is 0 Å². The maximum atomic E-state index is 9.64. The number of carboxylic acids is 2. The van der Waals surface area contributed by atoms with Gasteiger partial charge in [-0.05, 0) is 0 Å². The summed E-state index contributed by atoms with van der Waals surface area (Å²) >= 11 is 0. The second-order valence-corrected chi connectivity index (χ2v) is 1.29. The number of hydrogen-bond acceptors (Lipinski definition) is 3. The molecule has 0 fully saturated rings. The summed E-state index contributed by atoms with van der Waals surface area (Å²) in [7, 11) is 0. The summed E-state index contributed by atoms with van der Waals surface area (Å²) < 4.78 is 0. The van der Waals surface area contributed by atoms with Crippen molar-refractivity contribution >= 4 is 11.9 Å². The zero-order valence-corrected chi connectivity index (χ0v) is 6.32. The Morgan fingerprint density at radius 1 is 1.00 bits per heavy atom. The van der Waals surface area contributed by atoms with Crippen molar-refractivity contribution in [2.45, 2.75) is 12.8 Å². The van der Waals surface area contributed by atoms with E-state index in [0.717, 1.165) is 0 Å². The molecule has 0 aromatic rings. The molecule has 4 N–H and O–H groups in total. The first-order chi connectivity index (χ1) is 4.63. The quantitative estimate of drug-likeness (QED) is 0.462. The van der Waals surface area contributed by atoms with Crippen molar-refractivity contribution in [2.24, 2.45) is 0 Å². The monoisotopic (exact) mass is 213 g/mol. The fraction of sp³-hybridized carbons (Fsp3) is 0.500. The van der Waals surface area contributed by atoms with Crippen LogP contribution in [0.2, 0.25) is 0 Å². The van der Waals surface area contributed by atoms with E-state index in [1.807, 2.05) is 0 Å². The summed E-state index contributed by atoms with van der Waals surface area (Å²) in [5, 5.41) is 22.0. The van der Waals surface area contributed by atoms with Crippen LogP contribution in [0.4, 0.5) is 0 Å². The molecule has 70 valence electrons. The predicted molar refractivity (Wildman–Crippen MR) is 30.6 cm³/mol. The minimum absolute atomic E-state index is 0. The van der Waals surface area contributed by atoms with Gasteiger partial charge >= 0.3 is 29.0 Å². The van der Waals surface area contributed by atoms with Crippen molar-refractivity contribution in [3.05, 3.63) is 5.90 Å². The van der Waals surface area contributed by atoms with Gasteiger partial charge in [-0.2, -0.15) is 0 Å². The molecule has 0 saturated heterocycles. The van der Waals surface area contributed by atoms with E-state index in [9.17, 15) is 9.59 Å². The molecule has 6 nitrogen and oxygen atoms in total. The number of nitrogens with one attached hydrogen (secondary N) is 1. The second-order valence-electron chi connectivity index (χ2n) is 1.29. The number of rotatable bonds is 3. The first kappa shape index (κ1) is 16.8. The molecule has 0 spiro atoms. The Bertz CT molecular complexity index is 103. The van der Waals surface area contributed by atoms with Gasteiger partial charge in [0, 0.05) is 0 Å². The van der Waals surface area contributed by atoms with Gasteiger partial charge in [-0.1, -0.05) is 0 Å². The number of carbonyl (C=O) groups is 2. The van der Waals surface area contributed by atoms with Gasteiger partial charge in [0.05, 0.1) is 12.8 Å². The van der Waals surface area contributed by atoms with Gasteiger partial charge in [0.25, 0.3) is 0 Å². The molecule has 0 aliphatic rings. The number of carboxylic acid groups (broad SMARTS) is 2. The second kappa shape index (κ2) is 12.1. The molecule has 0 atom stereocenters. The van der Waals surface area contributed by atoms with Gasteiger partial charge in [0.1, 0.15) is 0 Å². The molecule has 0 radical (unpaired) electrons. The molecule has 0 aromatic carbocycles. The third kappa shape index (κ3) is 26.6. The van der Waals surface area contributed by atoms with Gasteiger partial charge in [-0.3, -0.25) is 9.59 Å². The molecule has 0 unspecified atom stereocenters. The van der Waals surface area contributed by atoms with E-state index < -0.39 is 11.9 Å². The topological polar surface area (TPSA) is 119 Å². The summed E-state index contributed by atoms with van der Waals surface area (Å²) in [5.41, 5.74) is 0. The standard InChI is InChI=1S/C4H6O4.Cu.H2NO/c5-3(6)1-2-4(7)8;;1-2/h1-2H2,(H,5,6)(H,7,8);;1-2H/q;+1;-1. The smallest absolute Gasteiger partial charge is 0.553 e. The van der Waals surface area contributed by atoms with Crippen LogP contribution in [0, 0.1) is 0 Å². The van der Waals surface area contributed by atoms with Gasteiger partial charge in [0.15, 0.2) is 0 Å². The molecule has 0 aliphatic carbocycles. The third-order valence-corrected chi connectivity index (χ3v) is 0.553. The van der Waals surface area contributed by atoms with Crippen molar-refractivity contribution in [3.8, 4) is 0 Å². The maximum Gasteiger partial charge on any atom is 1.00 e. The van der Waals surface area contributed by atoms with Crippen LogP contribution in [-0.4, -0.2) is 27.4 Å². The van der Waals surface area contributed by atoms with Crippen LogP contribution in [0.25, 0.3) is 5.90 Å². The molecular formula is C4H8CuNO5. The average molecular weight is 214 g/mol. The zero-order chi connectivity index (χ0) is 8.57. The fourth-order valence-corrected chi connectivity index (χ4v) is 0.214. The molecule has 0 saturated carbocycles. The minimum atomic E-state index is -1.08. The van der Waals surface area contributed by atoms with E-state index in [1.54, 1.807) is 0 Å². The van der Waals surface area contributed by atoms with Crippen LogP contribution in [-0.2, 0) is 26.7 Å². The molecule has 7 heteroatoms. The Morgan fingerprint density at radius 3 is 1.27 bits per heavy atom. The van der Waals surface area contributed by atoms with Crippen molar-refractivity contribution < 1.29 is 42.1 Å². The number of aliphatic carboxylic acids is 2. The fourth-order valence-electron chi connectivity index (χ4n) is 0.214. The molecule has 0 bridgehead atoms. The van der Waals surface area contributed by atoms with Crippen LogP contribution in [0.3, 0.4) is 0 Å². The SMILES string of the molecule is O=C(O)CCC(=O)O.[Cu+].[NH-]O. The number of hydrogen-bond donors (Lipinski definition) is 3. The van der Waals surface area contributed by atoms with Crippen LogP contribution in [0.15, 0.2) is 0 Å². The molecule has 0 amide bonds. The third-order valence-electron chi connectivity index (χ3n) is 0.553. The Hall–Kier alpha value is -0.621. The molecule has 0 rings (SSSR count). The first-order valence-corrected chi connectivity index (χ1v) is 2.29. The Morgan fingerprint density at radius 2 is 1.18 bits per heavy atom. The summed E-state index contributed by atoms with van der Waals surface area (Å²) in [6, 6.07) is 0. The summed E-state index contributed by atoms with van der Waals surface area (Å²) in [6.07, 6.45) is -0.593. The van der Waals surface area contributed by atoms with Crippen LogP contribution in [0.5, 0.6) is 0 Å². The molecule has 11 heavy (non-hydrogen) atoms. The van der Waals surface area contributed by atoms with E-state index >= 15 is 0 Å². The van der Waals surface area contributed by atoms with E-state index in [2.05, 4.69) is 0 Å². The molecule has 0 aliphatic heterocycles. The normalized spacial score (nSPS) is 6.73. The van der Waals surface area contributed by atoms with E-state index in [1.165, 1.54) is 0 Å². The van der Waals surface area contributed by atoms with Crippen LogP contribution < -0.4 is 0 Å². The first-order valence-electron chi connectivity index (χ1n) is 2.29. The van der Waals surface area contributed by atoms with Gasteiger partial charge in [0.2, 0.25) is 0 Å². The van der Waals surface area contributed by atoms with Crippen molar-refractivity contribution in [1.29, 1.82) is 0 Å². The van der Waals surface area contributed by atoms with Gasteiger partial charge in [-0.25, -0.2) is 0 Å². The summed E-state index contributed by atoms with van der Waals surface area (Å²) in [5.74, 6) is 2.60. The molecule has 0 heterocycles. The largest absolute Gasteiger partial charge is 1.00 e. The van der Waals surface area contributed by atoms with Gasteiger partial charge in [-0.15, -0.1) is 0 Å². The summed E-state index contributed by atoms with van der Waals surface area (Å²) in [6.45, 7) is 0. The Kier molecular flexibility index (Phi) is 18.4.